The number of hydrogen-bond donors (Lipinski definition) is 1. The number of piperidine rings is 1. The summed E-state index contributed by atoms with van der Waals surface area (Å²) in [6.07, 6.45) is 1.69. The highest BCUT2D eigenvalue weighted by molar-refractivity contribution is 7.15. The van der Waals surface area contributed by atoms with Crippen LogP contribution in [0.4, 0.5) is 14.9 Å². The lowest BCUT2D eigenvalue weighted by Crippen LogP contribution is -2.60. The number of anilines is 1. The minimum Gasteiger partial charge on any atom is -0.445 e. The molecule has 1 aromatic heterocycles. The van der Waals surface area contributed by atoms with E-state index in [2.05, 4.69) is 19.4 Å². The number of nitrogens with zero attached hydrogens (tertiary/aromatic N) is 1. The Morgan fingerprint density at radius 3 is 2.57 bits per heavy atom. The topological polar surface area (TPSA) is 50.9 Å². The highest BCUT2D eigenvalue weighted by Gasteiger charge is 2.70. The van der Waals surface area contributed by atoms with Gasteiger partial charge < -0.3 is 14.0 Å². The van der Waals surface area contributed by atoms with Gasteiger partial charge >= 0.3 is 6.09 Å². The first kappa shape index (κ1) is 18.1. The van der Waals surface area contributed by atoms with Gasteiger partial charge in [0.1, 0.15) is 36.2 Å². The van der Waals surface area contributed by atoms with E-state index >= 15 is 0 Å². The molecule has 5 nitrogen and oxygen atoms in total. The molecular weight excluding hydrogens is 379 g/mol. The molecule has 0 aliphatic carbocycles. The molecule has 3 aliphatic heterocycles. The van der Waals surface area contributed by atoms with E-state index in [9.17, 15) is 9.18 Å². The van der Waals surface area contributed by atoms with Gasteiger partial charge in [-0.2, -0.15) is 0 Å². The van der Waals surface area contributed by atoms with E-state index in [1.165, 1.54) is 12.1 Å². The number of rotatable bonds is 3. The van der Waals surface area contributed by atoms with Crippen LogP contribution >= 0.6 is 11.3 Å². The van der Waals surface area contributed by atoms with Gasteiger partial charge in [0, 0.05) is 28.2 Å². The first-order valence-corrected chi connectivity index (χ1v) is 10.5. The SMILES string of the molecule is Cc1ccc(-c2cc(F)ccc2NC(=O)OC2C[C@@H]3[C@H]4O[C@H]4[C@H](C2)[N+]3(C)C)s1. The van der Waals surface area contributed by atoms with Crippen molar-refractivity contribution in [2.45, 2.75) is 50.2 Å². The van der Waals surface area contributed by atoms with E-state index in [-0.39, 0.29) is 11.9 Å². The molecule has 2 aromatic rings. The zero-order chi connectivity index (χ0) is 19.6. The number of carbonyl (C=O) groups excluding carboxylic acids is 1. The van der Waals surface area contributed by atoms with Gasteiger partial charge in [-0.05, 0) is 37.3 Å². The molecule has 0 saturated carbocycles. The number of carbonyl (C=O) groups is 1. The smallest absolute Gasteiger partial charge is 0.411 e. The summed E-state index contributed by atoms with van der Waals surface area (Å²) >= 11 is 1.57. The number of epoxide rings is 1. The molecule has 5 rings (SSSR count). The molecule has 4 heterocycles. The second kappa shape index (κ2) is 6.27. The van der Waals surface area contributed by atoms with Crippen molar-refractivity contribution in [2.75, 3.05) is 19.4 Å². The second-order valence-electron chi connectivity index (χ2n) is 8.55. The molecule has 1 N–H and O–H groups in total. The standard InChI is InChI=1S/C21H23FN2O3S/c1-11-4-7-18(28-11)14-8-12(22)5-6-15(14)23-21(25)26-13-9-16-19-20(27-19)17(10-13)24(16,2)3/h4-8,13,16-17,19-20H,9-10H2,1-3H3/p+1/t13?,16-,17+,19-,20+. The predicted octanol–water partition coefficient (Wildman–Crippen LogP) is 4.17. The highest BCUT2D eigenvalue weighted by atomic mass is 32.1. The summed E-state index contributed by atoms with van der Waals surface area (Å²) in [6, 6.07) is 9.09. The van der Waals surface area contributed by atoms with Gasteiger partial charge in [-0.1, -0.05) is 0 Å². The number of morpholine rings is 1. The van der Waals surface area contributed by atoms with Crippen LogP contribution in [-0.4, -0.2) is 55.1 Å². The van der Waals surface area contributed by atoms with E-state index in [1.807, 2.05) is 19.1 Å². The van der Waals surface area contributed by atoms with Gasteiger partial charge in [-0.3, -0.25) is 5.32 Å². The first-order chi connectivity index (χ1) is 13.3. The Labute approximate surface area is 167 Å². The van der Waals surface area contributed by atoms with Gasteiger partial charge in [0.05, 0.1) is 19.8 Å². The van der Waals surface area contributed by atoms with Crippen molar-refractivity contribution in [3.63, 3.8) is 0 Å². The Hall–Kier alpha value is -1.96. The molecule has 7 heteroatoms. The summed E-state index contributed by atoms with van der Waals surface area (Å²) in [5, 5.41) is 2.83. The van der Waals surface area contributed by atoms with Crippen molar-refractivity contribution in [1.82, 2.24) is 0 Å². The normalized spacial score (nSPS) is 31.9. The summed E-state index contributed by atoms with van der Waals surface area (Å²) in [7, 11) is 4.49. The van der Waals surface area contributed by atoms with Crippen LogP contribution in [0, 0.1) is 12.7 Å². The van der Waals surface area contributed by atoms with Gasteiger partial charge in [0.25, 0.3) is 0 Å². The molecule has 0 spiro atoms. The van der Waals surface area contributed by atoms with E-state index < -0.39 is 6.09 Å². The molecule has 148 valence electrons. The number of quaternary nitrogens is 1. The maximum absolute atomic E-state index is 13.8. The van der Waals surface area contributed by atoms with Gasteiger partial charge in [-0.25, -0.2) is 9.18 Å². The third kappa shape index (κ3) is 2.93. The Morgan fingerprint density at radius 1 is 1.21 bits per heavy atom. The lowest BCUT2D eigenvalue weighted by Gasteiger charge is -2.45. The number of hydrogen-bond acceptors (Lipinski definition) is 4. The molecule has 3 fully saturated rings. The second-order valence-corrected chi connectivity index (χ2v) is 9.84. The molecule has 0 radical (unpaired) electrons. The van der Waals surface area contributed by atoms with Crippen molar-refractivity contribution >= 4 is 23.1 Å². The molecule has 5 atom stereocenters. The fourth-order valence-electron chi connectivity index (χ4n) is 5.00. The maximum atomic E-state index is 13.8. The van der Waals surface area contributed by atoms with Crippen molar-refractivity contribution in [3.05, 3.63) is 41.0 Å². The van der Waals surface area contributed by atoms with Crippen LogP contribution in [-0.2, 0) is 9.47 Å². The maximum Gasteiger partial charge on any atom is 0.411 e. The number of amides is 1. The third-order valence-electron chi connectivity index (χ3n) is 6.54. The number of likely N-dealkylation sites (N-methyl/N-ethyl adjacent to an activating group) is 1. The number of ether oxygens (including phenoxy) is 2. The average molecular weight is 403 g/mol. The molecule has 28 heavy (non-hydrogen) atoms. The minimum absolute atomic E-state index is 0.106. The van der Waals surface area contributed by atoms with Crippen molar-refractivity contribution in [3.8, 4) is 10.4 Å². The Bertz CT molecular complexity index is 923. The first-order valence-electron chi connectivity index (χ1n) is 9.66. The third-order valence-corrected chi connectivity index (χ3v) is 7.57. The van der Waals surface area contributed by atoms with Crippen LogP contribution in [0.15, 0.2) is 30.3 Å². The Morgan fingerprint density at radius 2 is 1.93 bits per heavy atom. The summed E-state index contributed by atoms with van der Waals surface area (Å²) in [5.41, 5.74) is 1.24. The van der Waals surface area contributed by atoms with Crippen LogP contribution in [0.5, 0.6) is 0 Å². The molecule has 1 unspecified atom stereocenters. The largest absolute Gasteiger partial charge is 0.445 e. The minimum atomic E-state index is -0.479. The van der Waals surface area contributed by atoms with E-state index in [4.69, 9.17) is 9.47 Å². The van der Waals surface area contributed by atoms with Crippen LogP contribution in [0.25, 0.3) is 10.4 Å². The van der Waals surface area contributed by atoms with Gasteiger partial charge in [0.15, 0.2) is 0 Å². The fraction of sp³-hybridized carbons (Fsp3) is 0.476. The number of nitrogens with one attached hydrogen (secondary N) is 1. The van der Waals surface area contributed by atoms with Gasteiger partial charge in [0.2, 0.25) is 0 Å². The molecule has 1 aromatic carbocycles. The zero-order valence-corrected chi connectivity index (χ0v) is 17.0. The van der Waals surface area contributed by atoms with Crippen molar-refractivity contribution in [1.29, 1.82) is 0 Å². The quantitative estimate of drug-likeness (QED) is 0.618. The van der Waals surface area contributed by atoms with Crippen molar-refractivity contribution < 1.29 is 23.1 Å². The van der Waals surface area contributed by atoms with Gasteiger partial charge in [-0.15, -0.1) is 11.3 Å². The average Bonchev–Trinajstić information content (AvgIpc) is 3.27. The summed E-state index contributed by atoms with van der Waals surface area (Å²) in [6.45, 7) is 2.00. The van der Waals surface area contributed by atoms with Crippen LogP contribution in [0.3, 0.4) is 0 Å². The summed E-state index contributed by atoms with van der Waals surface area (Å²) in [4.78, 5) is 14.6. The number of thiophene rings is 1. The Kier molecular flexibility index (Phi) is 4.05. The van der Waals surface area contributed by atoms with E-state index in [1.54, 1.807) is 17.4 Å². The Balaban J connectivity index is 1.29. The lowest BCUT2D eigenvalue weighted by molar-refractivity contribution is -0.938. The molecular formula is C21H24FN2O3S+. The molecule has 1 amide bonds. The summed E-state index contributed by atoms with van der Waals surface area (Å²) < 4.78 is 26.3. The van der Waals surface area contributed by atoms with Crippen LogP contribution in [0.2, 0.25) is 0 Å². The van der Waals surface area contributed by atoms with Crippen LogP contribution in [0.1, 0.15) is 17.7 Å². The molecule has 3 saturated heterocycles. The number of benzene rings is 1. The molecule has 2 bridgehead atoms. The van der Waals surface area contributed by atoms with Crippen molar-refractivity contribution in [2.24, 2.45) is 0 Å². The lowest BCUT2D eigenvalue weighted by atomic mass is 9.96. The number of halogens is 1. The fourth-order valence-corrected chi connectivity index (χ4v) is 5.90. The molecule has 3 aliphatic rings. The predicted molar refractivity (Wildman–Crippen MR) is 106 cm³/mol. The van der Waals surface area contributed by atoms with Crippen LogP contribution < -0.4 is 5.32 Å². The zero-order valence-electron chi connectivity index (χ0n) is 16.1. The summed E-state index contributed by atoms with van der Waals surface area (Å²) in [5.74, 6) is -0.331. The monoisotopic (exact) mass is 403 g/mol. The van der Waals surface area contributed by atoms with E-state index in [0.29, 0.717) is 35.5 Å². The number of aryl methyl sites for hydroxylation is 1. The highest BCUT2D eigenvalue weighted by Crippen LogP contribution is 2.51. The number of fused-ring (bicyclic) bond motifs is 5. The van der Waals surface area contributed by atoms with E-state index in [0.717, 1.165) is 27.1 Å².